The Bertz CT molecular complexity index is 167. The largest absolute Gasteiger partial charge is 0.320 e. The number of aliphatic imine (C=N–C) groups is 2. The van der Waals surface area contributed by atoms with Crippen LogP contribution in [0.15, 0.2) is 15.1 Å². The molecule has 0 saturated carbocycles. The van der Waals surface area contributed by atoms with Gasteiger partial charge < -0.3 is 5.84 Å². The van der Waals surface area contributed by atoms with Gasteiger partial charge in [-0.1, -0.05) is 0 Å². The smallest absolute Gasteiger partial charge is 0.265 e. The van der Waals surface area contributed by atoms with Crippen LogP contribution in [0.3, 0.4) is 0 Å². The minimum Gasteiger partial charge on any atom is -0.320 e. The van der Waals surface area contributed by atoms with Crippen molar-refractivity contribution in [3.8, 4) is 0 Å². The highest BCUT2D eigenvalue weighted by Gasteiger charge is 2.03. The molecule has 0 aromatic carbocycles. The molecule has 1 heterocycles. The van der Waals surface area contributed by atoms with Crippen LogP contribution in [0.5, 0.6) is 0 Å². The minimum atomic E-state index is -1.20. The Balaban J connectivity index is 2.70. The SMILES string of the molecule is NN=C1N=CC(F)C=N1. The number of nitrogens with two attached hydrogens (primary N) is 1. The molecule has 0 spiro atoms. The third-order valence-corrected chi connectivity index (χ3v) is 0.780. The zero-order chi connectivity index (χ0) is 6.69. The van der Waals surface area contributed by atoms with E-state index in [9.17, 15) is 4.39 Å². The van der Waals surface area contributed by atoms with Crippen molar-refractivity contribution < 1.29 is 4.39 Å². The summed E-state index contributed by atoms with van der Waals surface area (Å²) in [5.41, 5.74) is 0. The summed E-state index contributed by atoms with van der Waals surface area (Å²) in [7, 11) is 0. The first-order valence-electron chi connectivity index (χ1n) is 2.33. The average Bonchev–Trinajstić information content (AvgIpc) is 1.90. The maximum atomic E-state index is 12.1. The summed E-state index contributed by atoms with van der Waals surface area (Å²) in [6, 6.07) is 0. The fourth-order valence-corrected chi connectivity index (χ4v) is 0.414. The second kappa shape index (κ2) is 2.34. The van der Waals surface area contributed by atoms with Crippen molar-refractivity contribution in [2.24, 2.45) is 20.9 Å². The molecule has 5 heteroatoms. The van der Waals surface area contributed by atoms with Crippen LogP contribution in [0, 0.1) is 0 Å². The van der Waals surface area contributed by atoms with Crippen molar-refractivity contribution >= 4 is 18.4 Å². The van der Waals surface area contributed by atoms with Crippen molar-refractivity contribution in [2.75, 3.05) is 0 Å². The number of hydrazone groups is 1. The molecule has 0 radical (unpaired) electrons. The number of halogens is 1. The van der Waals surface area contributed by atoms with Gasteiger partial charge in [0.1, 0.15) is 0 Å². The average molecular weight is 128 g/mol. The van der Waals surface area contributed by atoms with E-state index >= 15 is 0 Å². The van der Waals surface area contributed by atoms with Crippen LogP contribution in [0.2, 0.25) is 0 Å². The van der Waals surface area contributed by atoms with Gasteiger partial charge in [0.2, 0.25) is 0 Å². The molecule has 1 aliphatic rings. The lowest BCUT2D eigenvalue weighted by Crippen LogP contribution is -2.12. The highest BCUT2D eigenvalue weighted by atomic mass is 19.1. The van der Waals surface area contributed by atoms with Crippen LogP contribution < -0.4 is 5.84 Å². The Hall–Kier alpha value is -1.26. The Morgan fingerprint density at radius 2 is 2.11 bits per heavy atom. The van der Waals surface area contributed by atoms with Gasteiger partial charge in [0, 0.05) is 12.4 Å². The summed E-state index contributed by atoms with van der Waals surface area (Å²) in [6.45, 7) is 0. The van der Waals surface area contributed by atoms with Gasteiger partial charge in [0.05, 0.1) is 0 Å². The number of nitrogens with zero attached hydrogens (tertiary/aromatic N) is 3. The molecule has 0 unspecified atom stereocenters. The molecular weight excluding hydrogens is 123 g/mol. The van der Waals surface area contributed by atoms with Crippen LogP contribution in [0.4, 0.5) is 4.39 Å². The van der Waals surface area contributed by atoms with Crippen molar-refractivity contribution in [2.45, 2.75) is 6.17 Å². The third-order valence-electron chi connectivity index (χ3n) is 0.780. The molecule has 9 heavy (non-hydrogen) atoms. The fourth-order valence-electron chi connectivity index (χ4n) is 0.414. The van der Waals surface area contributed by atoms with Gasteiger partial charge in [-0.2, -0.15) is 0 Å². The van der Waals surface area contributed by atoms with Crippen LogP contribution in [-0.4, -0.2) is 24.6 Å². The van der Waals surface area contributed by atoms with E-state index in [1.165, 1.54) is 0 Å². The van der Waals surface area contributed by atoms with Gasteiger partial charge in [-0.25, -0.2) is 14.4 Å². The second-order valence-electron chi connectivity index (χ2n) is 1.43. The van der Waals surface area contributed by atoms with Gasteiger partial charge >= 0.3 is 0 Å². The molecule has 0 amide bonds. The van der Waals surface area contributed by atoms with Gasteiger partial charge in [-0.3, -0.25) is 0 Å². The van der Waals surface area contributed by atoms with Crippen LogP contribution in [0.1, 0.15) is 0 Å². The van der Waals surface area contributed by atoms with E-state index in [2.05, 4.69) is 15.1 Å². The minimum absolute atomic E-state index is 0.101. The molecule has 1 rings (SSSR count). The molecule has 0 aromatic rings. The maximum absolute atomic E-state index is 12.1. The molecule has 0 aliphatic carbocycles. The van der Waals surface area contributed by atoms with Crippen molar-refractivity contribution in [1.82, 2.24) is 0 Å². The molecule has 48 valence electrons. The maximum Gasteiger partial charge on any atom is 0.265 e. The van der Waals surface area contributed by atoms with E-state index in [0.717, 1.165) is 12.4 Å². The normalized spacial score (nSPS) is 24.6. The van der Waals surface area contributed by atoms with E-state index < -0.39 is 6.17 Å². The van der Waals surface area contributed by atoms with Crippen molar-refractivity contribution in [3.63, 3.8) is 0 Å². The summed E-state index contributed by atoms with van der Waals surface area (Å²) >= 11 is 0. The third kappa shape index (κ3) is 1.31. The highest BCUT2D eigenvalue weighted by Crippen LogP contribution is 1.91. The number of alkyl halides is 1. The van der Waals surface area contributed by atoms with E-state index in [-0.39, 0.29) is 5.96 Å². The molecule has 0 atom stereocenters. The summed E-state index contributed by atoms with van der Waals surface area (Å²) in [5.74, 6) is 4.89. The second-order valence-corrected chi connectivity index (χ2v) is 1.43. The predicted octanol–water partition coefficient (Wildman–Crippen LogP) is -0.291. The van der Waals surface area contributed by atoms with E-state index in [1.807, 2.05) is 0 Å². The molecule has 2 N–H and O–H groups in total. The molecule has 0 saturated heterocycles. The first-order chi connectivity index (χ1) is 4.33. The Kier molecular flexibility index (Phi) is 1.53. The van der Waals surface area contributed by atoms with Crippen molar-refractivity contribution in [1.29, 1.82) is 0 Å². The van der Waals surface area contributed by atoms with Crippen LogP contribution >= 0.6 is 0 Å². The fraction of sp³-hybridized carbons (Fsp3) is 0.250. The van der Waals surface area contributed by atoms with Gasteiger partial charge in [0.25, 0.3) is 5.96 Å². The Labute approximate surface area is 51.0 Å². The quantitative estimate of drug-likeness (QED) is 0.353. The number of hydrogen-bond acceptors (Lipinski definition) is 2. The summed E-state index contributed by atoms with van der Waals surface area (Å²) < 4.78 is 12.1. The van der Waals surface area contributed by atoms with E-state index in [0.29, 0.717) is 0 Å². The van der Waals surface area contributed by atoms with Crippen LogP contribution in [-0.2, 0) is 0 Å². The van der Waals surface area contributed by atoms with E-state index in [1.54, 1.807) is 0 Å². The Morgan fingerprint density at radius 3 is 2.56 bits per heavy atom. The molecular formula is C4H5FN4. The lowest BCUT2D eigenvalue weighted by molar-refractivity contribution is 0.527. The summed E-state index contributed by atoms with van der Waals surface area (Å²) in [4.78, 5) is 6.91. The highest BCUT2D eigenvalue weighted by molar-refractivity contribution is 6.04. The standard InChI is InChI=1S/C4H5FN4/c5-3-1-7-4(9-6)8-2-3/h1-3H,6H2. The topological polar surface area (TPSA) is 63.1 Å². The first kappa shape index (κ1) is 5.87. The zero-order valence-corrected chi connectivity index (χ0v) is 4.53. The molecule has 0 fully saturated rings. The van der Waals surface area contributed by atoms with E-state index in [4.69, 9.17) is 5.84 Å². The zero-order valence-electron chi connectivity index (χ0n) is 4.53. The molecule has 0 aromatic heterocycles. The molecule has 1 aliphatic heterocycles. The Morgan fingerprint density at radius 1 is 1.56 bits per heavy atom. The van der Waals surface area contributed by atoms with Crippen molar-refractivity contribution in [3.05, 3.63) is 0 Å². The lowest BCUT2D eigenvalue weighted by atomic mass is 10.4. The number of rotatable bonds is 0. The predicted molar refractivity (Wildman–Crippen MR) is 33.5 cm³/mol. The first-order valence-corrected chi connectivity index (χ1v) is 2.33. The lowest BCUT2D eigenvalue weighted by Gasteiger charge is -1.97. The van der Waals surface area contributed by atoms with Gasteiger partial charge in [-0.05, 0) is 0 Å². The van der Waals surface area contributed by atoms with Gasteiger partial charge in [-0.15, -0.1) is 5.10 Å². The number of hydrogen-bond donors (Lipinski definition) is 1. The molecule has 0 bridgehead atoms. The number of guanidine groups is 1. The molecule has 4 nitrogen and oxygen atoms in total. The summed E-state index contributed by atoms with van der Waals surface area (Å²) in [6.07, 6.45) is 0.965. The van der Waals surface area contributed by atoms with Gasteiger partial charge in [0.15, 0.2) is 6.17 Å². The summed E-state index contributed by atoms with van der Waals surface area (Å²) in [5, 5.41) is 3.14. The van der Waals surface area contributed by atoms with Crippen LogP contribution in [0.25, 0.3) is 0 Å². The monoisotopic (exact) mass is 128 g/mol.